The van der Waals surface area contributed by atoms with Crippen LogP contribution in [-0.4, -0.2) is 58.5 Å². The Kier molecular flexibility index (Phi) is 5.70. The van der Waals surface area contributed by atoms with E-state index in [9.17, 15) is 4.79 Å². The van der Waals surface area contributed by atoms with Gasteiger partial charge in [-0.15, -0.1) is 11.3 Å². The van der Waals surface area contributed by atoms with Crippen LogP contribution in [0, 0.1) is 0 Å². The fourth-order valence-corrected chi connectivity index (χ4v) is 5.27. The lowest BCUT2D eigenvalue weighted by molar-refractivity contribution is 0.0641. The highest BCUT2D eigenvalue weighted by Crippen LogP contribution is 2.33. The molecule has 1 saturated heterocycles. The summed E-state index contributed by atoms with van der Waals surface area (Å²) in [6.07, 6.45) is 8.32. The summed E-state index contributed by atoms with van der Waals surface area (Å²) < 4.78 is 5.59. The molecule has 0 saturated carbocycles. The highest BCUT2D eigenvalue weighted by atomic mass is 32.1. The topological polar surface area (TPSA) is 58.6 Å². The quantitative estimate of drug-likeness (QED) is 0.610. The second-order valence-corrected chi connectivity index (χ2v) is 9.26. The predicted octanol–water partition coefficient (Wildman–Crippen LogP) is 3.88. The van der Waals surface area contributed by atoms with E-state index in [1.807, 2.05) is 36.5 Å². The number of ether oxygens (including phenoxy) is 1. The molecule has 0 bridgehead atoms. The number of piperidine rings is 1. The summed E-state index contributed by atoms with van der Waals surface area (Å²) in [5.41, 5.74) is 3.56. The molecule has 31 heavy (non-hydrogen) atoms. The first-order chi connectivity index (χ1) is 15.2. The van der Waals surface area contributed by atoms with Crippen molar-refractivity contribution in [3.05, 3.63) is 64.9 Å². The third-order valence-corrected chi connectivity index (χ3v) is 7.27. The van der Waals surface area contributed by atoms with Crippen molar-refractivity contribution in [2.24, 2.45) is 0 Å². The van der Waals surface area contributed by atoms with Gasteiger partial charge in [0.25, 0.3) is 5.91 Å². The lowest BCUT2D eigenvalue weighted by Crippen LogP contribution is -2.45. The second kappa shape index (κ2) is 8.77. The number of fused-ring (bicyclic) bond motifs is 1. The van der Waals surface area contributed by atoms with Gasteiger partial charge < -0.3 is 9.64 Å². The molecule has 0 N–H and O–H groups in total. The summed E-state index contributed by atoms with van der Waals surface area (Å²) in [5.74, 6) is 1.03. The first kappa shape index (κ1) is 20.2. The van der Waals surface area contributed by atoms with E-state index in [4.69, 9.17) is 4.74 Å². The zero-order valence-electron chi connectivity index (χ0n) is 17.7. The number of carbonyl (C=O) groups is 1. The van der Waals surface area contributed by atoms with Crippen LogP contribution in [0.25, 0.3) is 10.6 Å². The van der Waals surface area contributed by atoms with Gasteiger partial charge in [-0.2, -0.15) is 0 Å². The fraction of sp³-hybridized carbons (Fsp3) is 0.375. The monoisotopic (exact) mass is 434 g/mol. The Morgan fingerprint density at radius 2 is 2.03 bits per heavy atom. The Labute approximate surface area is 186 Å². The highest BCUT2D eigenvalue weighted by molar-refractivity contribution is 7.16. The van der Waals surface area contributed by atoms with E-state index in [0.29, 0.717) is 4.88 Å². The molecular weight excluding hydrogens is 408 g/mol. The molecule has 7 heteroatoms. The van der Waals surface area contributed by atoms with E-state index in [-0.39, 0.29) is 11.9 Å². The fourth-order valence-electron chi connectivity index (χ4n) is 4.38. The van der Waals surface area contributed by atoms with Crippen LogP contribution in [-0.2, 0) is 13.0 Å². The molecule has 0 unspecified atom stereocenters. The van der Waals surface area contributed by atoms with Crippen molar-refractivity contribution in [3.63, 3.8) is 0 Å². The molecule has 4 heterocycles. The molecule has 0 spiro atoms. The number of benzene rings is 1. The van der Waals surface area contributed by atoms with Gasteiger partial charge in [0.05, 0.1) is 12.8 Å². The molecular formula is C24H26N4O2S. The Morgan fingerprint density at radius 3 is 2.84 bits per heavy atom. The van der Waals surface area contributed by atoms with Crippen molar-refractivity contribution in [2.75, 3.05) is 26.7 Å². The summed E-state index contributed by atoms with van der Waals surface area (Å²) in [6.45, 7) is 3.68. The van der Waals surface area contributed by atoms with Crippen LogP contribution in [0.2, 0.25) is 0 Å². The van der Waals surface area contributed by atoms with Crippen LogP contribution in [0.5, 0.6) is 5.75 Å². The number of nitrogens with zero attached hydrogens (tertiary/aromatic N) is 4. The van der Waals surface area contributed by atoms with Crippen LogP contribution in [0.3, 0.4) is 0 Å². The molecule has 2 aliphatic rings. The lowest BCUT2D eigenvalue weighted by atomic mass is 10.0. The van der Waals surface area contributed by atoms with Crippen molar-refractivity contribution in [1.29, 1.82) is 0 Å². The lowest BCUT2D eigenvalue weighted by Gasteiger charge is -2.36. The molecule has 0 radical (unpaired) electrons. The van der Waals surface area contributed by atoms with Gasteiger partial charge in [0.2, 0.25) is 0 Å². The Morgan fingerprint density at radius 1 is 1.23 bits per heavy atom. The average Bonchev–Trinajstić information content (AvgIpc) is 3.48. The third kappa shape index (κ3) is 4.34. The molecule has 3 aromatic rings. The predicted molar refractivity (Wildman–Crippen MR) is 121 cm³/mol. The zero-order valence-corrected chi connectivity index (χ0v) is 18.5. The van der Waals surface area contributed by atoms with E-state index in [1.54, 1.807) is 6.20 Å². The maximum atomic E-state index is 13.1. The van der Waals surface area contributed by atoms with Crippen molar-refractivity contribution in [1.82, 2.24) is 19.8 Å². The number of rotatable bonds is 5. The molecule has 0 aliphatic carbocycles. The largest absolute Gasteiger partial charge is 0.493 e. The summed E-state index contributed by atoms with van der Waals surface area (Å²) in [6, 6.07) is 10.6. The van der Waals surface area contributed by atoms with Gasteiger partial charge in [0, 0.05) is 57.1 Å². The van der Waals surface area contributed by atoms with E-state index in [2.05, 4.69) is 33.1 Å². The SMILES string of the molecule is CN(C(=O)c1cnc(-c2ccc3c(c2)CCO3)s1)C1CCN(Cc2ccncc2)CC1. The minimum absolute atomic E-state index is 0.0702. The number of aromatic nitrogens is 2. The van der Waals surface area contributed by atoms with Gasteiger partial charge in [0.1, 0.15) is 15.6 Å². The van der Waals surface area contributed by atoms with E-state index in [0.717, 1.165) is 61.8 Å². The van der Waals surface area contributed by atoms with Crippen LogP contribution in [0.1, 0.15) is 33.6 Å². The van der Waals surface area contributed by atoms with E-state index in [1.165, 1.54) is 22.5 Å². The smallest absolute Gasteiger partial charge is 0.265 e. The van der Waals surface area contributed by atoms with Gasteiger partial charge in [-0.1, -0.05) is 0 Å². The maximum Gasteiger partial charge on any atom is 0.265 e. The van der Waals surface area contributed by atoms with E-state index < -0.39 is 0 Å². The second-order valence-electron chi connectivity index (χ2n) is 8.23. The van der Waals surface area contributed by atoms with Crippen molar-refractivity contribution >= 4 is 17.2 Å². The Balaban J connectivity index is 1.20. The minimum Gasteiger partial charge on any atom is -0.493 e. The molecule has 1 amide bonds. The van der Waals surface area contributed by atoms with Gasteiger partial charge in [-0.05, 0) is 54.3 Å². The number of thiazole rings is 1. The van der Waals surface area contributed by atoms with Gasteiger partial charge >= 0.3 is 0 Å². The van der Waals surface area contributed by atoms with Crippen molar-refractivity contribution in [2.45, 2.75) is 31.8 Å². The van der Waals surface area contributed by atoms with Crippen LogP contribution >= 0.6 is 11.3 Å². The van der Waals surface area contributed by atoms with Crippen LogP contribution in [0.15, 0.2) is 48.9 Å². The number of hydrogen-bond donors (Lipinski definition) is 0. The van der Waals surface area contributed by atoms with Crippen LogP contribution in [0.4, 0.5) is 0 Å². The normalized spacial score (nSPS) is 16.7. The number of hydrogen-bond acceptors (Lipinski definition) is 6. The molecule has 1 aromatic carbocycles. The summed E-state index contributed by atoms with van der Waals surface area (Å²) in [5, 5.41) is 0.888. The third-order valence-electron chi connectivity index (χ3n) is 6.23. The number of carbonyl (C=O) groups excluding carboxylic acids is 1. The average molecular weight is 435 g/mol. The summed E-state index contributed by atoms with van der Waals surface area (Å²) in [4.78, 5) is 26.8. The first-order valence-electron chi connectivity index (χ1n) is 10.8. The number of pyridine rings is 1. The van der Waals surface area contributed by atoms with Gasteiger partial charge in [0.15, 0.2) is 0 Å². The first-order valence-corrected chi connectivity index (χ1v) is 11.6. The standard InChI is InChI=1S/C24H26N4O2S/c1-27(20-6-11-28(12-7-20)16-17-4-9-25-10-5-17)24(29)22-15-26-23(31-22)19-2-3-21-18(14-19)8-13-30-21/h2-5,9-10,14-15,20H,6-8,11-13,16H2,1H3. The summed E-state index contributed by atoms with van der Waals surface area (Å²) in [7, 11) is 1.93. The van der Waals surface area contributed by atoms with Crippen molar-refractivity contribution in [3.8, 4) is 16.3 Å². The number of likely N-dealkylation sites (tertiary alicyclic amines) is 1. The van der Waals surface area contributed by atoms with Crippen LogP contribution < -0.4 is 4.74 Å². The molecule has 6 nitrogen and oxygen atoms in total. The molecule has 5 rings (SSSR count). The Bertz CT molecular complexity index is 1060. The minimum atomic E-state index is 0.0702. The molecule has 2 aromatic heterocycles. The van der Waals surface area contributed by atoms with Gasteiger partial charge in [-0.25, -0.2) is 4.98 Å². The number of amides is 1. The van der Waals surface area contributed by atoms with Gasteiger partial charge in [-0.3, -0.25) is 14.7 Å². The maximum absolute atomic E-state index is 13.1. The molecule has 160 valence electrons. The zero-order chi connectivity index (χ0) is 21.2. The molecule has 1 fully saturated rings. The van der Waals surface area contributed by atoms with Crippen molar-refractivity contribution < 1.29 is 9.53 Å². The molecule has 2 aliphatic heterocycles. The van der Waals surface area contributed by atoms with E-state index >= 15 is 0 Å². The molecule has 0 atom stereocenters. The Hall–Kier alpha value is -2.77. The highest BCUT2D eigenvalue weighted by Gasteiger charge is 2.27. The summed E-state index contributed by atoms with van der Waals surface area (Å²) >= 11 is 1.47.